The molecule has 1 aromatic rings. The summed E-state index contributed by atoms with van der Waals surface area (Å²) in [5, 5.41) is 23.6. The predicted octanol–water partition coefficient (Wildman–Crippen LogP) is -7.54. The van der Waals surface area contributed by atoms with Gasteiger partial charge in [0.25, 0.3) is 0 Å². The smallest absolute Gasteiger partial charge is 0.545 e. The molecule has 0 radical (unpaired) electrons. The van der Waals surface area contributed by atoms with Gasteiger partial charge >= 0.3 is 37.7 Å². The van der Waals surface area contributed by atoms with Crippen LogP contribution in [0.5, 0.6) is 0 Å². The molecule has 0 unspecified atom stereocenters. The average Bonchev–Trinajstić information content (AvgIpc) is 2.16. The summed E-state index contributed by atoms with van der Waals surface area (Å²) in [5.74, 6) is -2.85. The monoisotopic (exact) mass is 207 g/mol. The average molecular weight is 207 g/mol. The second kappa shape index (κ2) is 7.43. The number of aromatic carboxylic acids is 2. The van der Waals surface area contributed by atoms with Crippen molar-refractivity contribution in [3.8, 4) is 0 Å². The Morgan fingerprint density at radius 2 is 1.38 bits per heavy atom. The van der Waals surface area contributed by atoms with E-state index in [4.69, 9.17) is 0 Å². The first-order valence-electron chi connectivity index (χ1n) is 3.80. The largest absolute Gasteiger partial charge is 1.00 e. The van der Waals surface area contributed by atoms with Crippen LogP contribution in [0.15, 0.2) is 18.2 Å². The number of benzene rings is 1. The van der Waals surface area contributed by atoms with E-state index in [1.807, 2.05) is 0 Å². The molecule has 0 fully saturated rings. The Labute approximate surface area is 117 Å². The van der Waals surface area contributed by atoms with Gasteiger partial charge in [0.05, 0.1) is 11.9 Å². The van der Waals surface area contributed by atoms with Crippen molar-refractivity contribution in [2.45, 2.75) is 0 Å². The summed E-state index contributed by atoms with van der Waals surface area (Å²) < 4.78 is 0. The fourth-order valence-electron chi connectivity index (χ4n) is 1.01. The van der Waals surface area contributed by atoms with Crippen LogP contribution >= 0.6 is 0 Å². The summed E-state index contributed by atoms with van der Waals surface area (Å²) in [6, 6.07) is 3.55. The molecule has 7 heteroatoms. The first-order chi connectivity index (χ1) is 6.54. The molecule has 0 bridgehead atoms. The summed E-state index contributed by atoms with van der Waals surface area (Å²) >= 11 is 0. The Balaban J connectivity index is 0. The summed E-state index contributed by atoms with van der Waals surface area (Å²) in [6.45, 7) is 0. The van der Waals surface area contributed by atoms with Gasteiger partial charge in [-0.2, -0.15) is 0 Å². The van der Waals surface area contributed by atoms with Gasteiger partial charge < -0.3 is 25.1 Å². The Bertz CT molecular complexity index is 363. The Kier molecular flexibility index (Phi) is 8.15. The zero-order chi connectivity index (χ0) is 10.7. The van der Waals surface area contributed by atoms with Crippen molar-refractivity contribution in [1.82, 2.24) is 0 Å². The predicted molar refractivity (Wildman–Crippen MR) is 44.6 cm³/mol. The van der Waals surface area contributed by atoms with Crippen molar-refractivity contribution in [3.05, 3.63) is 29.3 Å². The van der Waals surface area contributed by atoms with Crippen LogP contribution in [0.2, 0.25) is 0 Å². The van der Waals surface area contributed by atoms with Crippen molar-refractivity contribution in [3.63, 3.8) is 0 Å². The summed E-state index contributed by atoms with van der Waals surface area (Å²) in [6.07, 6.45) is 0. The van der Waals surface area contributed by atoms with E-state index in [1.54, 1.807) is 7.05 Å². The van der Waals surface area contributed by atoms with Crippen LogP contribution in [0.4, 0.5) is 5.69 Å². The SMILES string of the molecule is CNc1cc(C(=O)[O-])cc(C(=O)[O-])c1.[Li+].[Li+]. The second-order valence-corrected chi connectivity index (χ2v) is 2.62. The molecular formula is C9H7Li2NO4. The van der Waals surface area contributed by atoms with E-state index < -0.39 is 11.9 Å². The van der Waals surface area contributed by atoms with E-state index >= 15 is 0 Å². The van der Waals surface area contributed by atoms with E-state index in [1.165, 1.54) is 12.1 Å². The fraction of sp³-hybridized carbons (Fsp3) is 0.111. The summed E-state index contributed by atoms with van der Waals surface area (Å²) in [4.78, 5) is 21.0. The van der Waals surface area contributed by atoms with Crippen molar-refractivity contribution < 1.29 is 57.5 Å². The fourth-order valence-corrected chi connectivity index (χ4v) is 1.01. The minimum absolute atomic E-state index is 0. The molecule has 0 aliphatic rings. The maximum Gasteiger partial charge on any atom is 1.00 e. The van der Waals surface area contributed by atoms with Gasteiger partial charge in [-0.1, -0.05) is 0 Å². The molecule has 5 nitrogen and oxygen atoms in total. The molecule has 1 N–H and O–H groups in total. The van der Waals surface area contributed by atoms with Crippen molar-refractivity contribution in [1.29, 1.82) is 0 Å². The molecule has 0 atom stereocenters. The molecule has 0 saturated carbocycles. The van der Waals surface area contributed by atoms with E-state index in [-0.39, 0.29) is 48.8 Å². The van der Waals surface area contributed by atoms with Gasteiger partial charge in [-0.25, -0.2) is 0 Å². The molecule has 74 valence electrons. The van der Waals surface area contributed by atoms with Crippen LogP contribution < -0.4 is 53.3 Å². The molecule has 1 rings (SSSR count). The normalized spacial score (nSPS) is 8.31. The van der Waals surface area contributed by atoms with Crippen molar-refractivity contribution in [2.24, 2.45) is 0 Å². The van der Waals surface area contributed by atoms with Gasteiger partial charge in [-0.05, 0) is 29.3 Å². The van der Waals surface area contributed by atoms with Crippen LogP contribution in [0.1, 0.15) is 20.7 Å². The van der Waals surface area contributed by atoms with Crippen LogP contribution in [0.25, 0.3) is 0 Å². The van der Waals surface area contributed by atoms with Gasteiger partial charge in [-0.15, -0.1) is 0 Å². The molecule has 0 spiro atoms. The number of anilines is 1. The van der Waals surface area contributed by atoms with E-state index in [0.29, 0.717) is 5.69 Å². The molecule has 16 heavy (non-hydrogen) atoms. The number of rotatable bonds is 3. The topological polar surface area (TPSA) is 92.3 Å². The minimum Gasteiger partial charge on any atom is -0.545 e. The number of carboxylic acids is 2. The molecule has 0 amide bonds. The van der Waals surface area contributed by atoms with Gasteiger partial charge in [0.1, 0.15) is 0 Å². The van der Waals surface area contributed by atoms with E-state index in [9.17, 15) is 19.8 Å². The number of carbonyl (C=O) groups excluding carboxylic acids is 2. The number of nitrogens with one attached hydrogen (secondary N) is 1. The number of hydrogen-bond donors (Lipinski definition) is 1. The van der Waals surface area contributed by atoms with Gasteiger partial charge in [0.15, 0.2) is 0 Å². The van der Waals surface area contributed by atoms with Crippen LogP contribution in [-0.4, -0.2) is 19.0 Å². The van der Waals surface area contributed by atoms with E-state index in [0.717, 1.165) is 6.07 Å². The number of carboxylic acid groups (broad SMARTS) is 2. The van der Waals surface area contributed by atoms with Crippen molar-refractivity contribution >= 4 is 17.6 Å². The van der Waals surface area contributed by atoms with Crippen LogP contribution in [-0.2, 0) is 0 Å². The maximum atomic E-state index is 10.5. The summed E-state index contributed by atoms with van der Waals surface area (Å²) in [5.41, 5.74) is -0.0157. The van der Waals surface area contributed by atoms with E-state index in [2.05, 4.69) is 5.32 Å². The van der Waals surface area contributed by atoms with Crippen molar-refractivity contribution in [2.75, 3.05) is 12.4 Å². The van der Waals surface area contributed by atoms with Gasteiger partial charge in [0.2, 0.25) is 0 Å². The molecule has 0 aliphatic carbocycles. The minimum atomic E-state index is -1.43. The molecule has 0 aliphatic heterocycles. The maximum absolute atomic E-state index is 10.5. The third-order valence-electron chi connectivity index (χ3n) is 1.69. The van der Waals surface area contributed by atoms with Gasteiger partial charge in [-0.3, -0.25) is 0 Å². The molecule has 0 saturated heterocycles. The number of carbonyl (C=O) groups is 2. The first-order valence-corrected chi connectivity index (χ1v) is 3.80. The van der Waals surface area contributed by atoms with Gasteiger partial charge in [0, 0.05) is 12.7 Å². The third kappa shape index (κ3) is 4.34. The molecule has 0 heterocycles. The zero-order valence-corrected chi connectivity index (χ0v) is 9.37. The third-order valence-corrected chi connectivity index (χ3v) is 1.69. The first kappa shape index (κ1) is 17.5. The van der Waals surface area contributed by atoms with Crippen LogP contribution in [0, 0.1) is 0 Å². The Hall–Kier alpha value is -0.845. The summed E-state index contributed by atoms with van der Waals surface area (Å²) in [7, 11) is 1.55. The van der Waals surface area contributed by atoms with Crippen LogP contribution in [0.3, 0.4) is 0 Å². The quantitative estimate of drug-likeness (QED) is 0.497. The Morgan fingerprint density at radius 3 is 1.62 bits per heavy atom. The molecular weight excluding hydrogens is 200 g/mol. The molecule has 0 aromatic heterocycles. The second-order valence-electron chi connectivity index (χ2n) is 2.62. The molecule has 1 aromatic carbocycles. The number of hydrogen-bond acceptors (Lipinski definition) is 5. The standard InChI is InChI=1S/C9H9NO4.2Li/c1-10-7-3-5(8(11)12)2-6(4-7)9(13)14;;/h2-4,10H,1H3,(H,11,12)(H,13,14);;/q;2*+1/p-2. The Morgan fingerprint density at radius 1 is 1.00 bits per heavy atom. The zero-order valence-electron chi connectivity index (χ0n) is 9.37.